The van der Waals surface area contributed by atoms with Crippen molar-refractivity contribution in [3.8, 4) is 0 Å². The van der Waals surface area contributed by atoms with Crippen LogP contribution in [0.5, 0.6) is 0 Å². The van der Waals surface area contributed by atoms with Gasteiger partial charge >= 0.3 is 0 Å². The van der Waals surface area contributed by atoms with Gasteiger partial charge in [0.25, 0.3) is 5.91 Å². The maximum Gasteiger partial charge on any atom is 0.273 e. The van der Waals surface area contributed by atoms with Crippen LogP contribution in [0.3, 0.4) is 0 Å². The minimum atomic E-state index is -0.291. The predicted octanol–water partition coefficient (Wildman–Crippen LogP) is -0.565. The summed E-state index contributed by atoms with van der Waals surface area (Å²) in [4.78, 5) is 17.9. The maximum absolute atomic E-state index is 12.1. The molecule has 1 aliphatic heterocycles. The Morgan fingerprint density at radius 1 is 1.76 bits per heavy atom. The minimum Gasteiger partial charge on any atom is -0.394 e. The molecule has 1 saturated heterocycles. The van der Waals surface area contributed by atoms with Crippen LogP contribution in [0.4, 0.5) is 0 Å². The Labute approximate surface area is 103 Å². The standard InChI is InChI=1S/C10H15N3O3S/c11-3-9-12-8(6-17-9)10(15)13-1-2-16-7(4-13)5-14/h6-7,14H,1-5,11H2. The molecule has 1 fully saturated rings. The largest absolute Gasteiger partial charge is 0.394 e. The normalized spacial score (nSPS) is 20.6. The first kappa shape index (κ1) is 12.4. The fourth-order valence-corrected chi connectivity index (χ4v) is 2.33. The monoisotopic (exact) mass is 257 g/mol. The second kappa shape index (κ2) is 5.54. The zero-order chi connectivity index (χ0) is 12.3. The van der Waals surface area contributed by atoms with Gasteiger partial charge in [-0.1, -0.05) is 0 Å². The number of hydrogen-bond acceptors (Lipinski definition) is 6. The van der Waals surface area contributed by atoms with Gasteiger partial charge in [0.2, 0.25) is 0 Å². The number of aliphatic hydroxyl groups is 1. The van der Waals surface area contributed by atoms with Gasteiger partial charge in [-0.2, -0.15) is 0 Å². The van der Waals surface area contributed by atoms with Gasteiger partial charge in [0.1, 0.15) is 10.7 Å². The lowest BCUT2D eigenvalue weighted by Crippen LogP contribution is -2.47. The van der Waals surface area contributed by atoms with Crippen molar-refractivity contribution in [3.63, 3.8) is 0 Å². The number of thiazole rings is 1. The van der Waals surface area contributed by atoms with Crippen molar-refractivity contribution < 1.29 is 14.6 Å². The minimum absolute atomic E-state index is 0.0745. The molecule has 0 aromatic carbocycles. The molecule has 0 saturated carbocycles. The molecule has 1 amide bonds. The van der Waals surface area contributed by atoms with Crippen LogP contribution in [0.25, 0.3) is 0 Å². The second-order valence-corrected chi connectivity index (χ2v) is 4.70. The van der Waals surface area contributed by atoms with E-state index in [-0.39, 0.29) is 18.6 Å². The Balaban J connectivity index is 2.03. The van der Waals surface area contributed by atoms with E-state index in [1.54, 1.807) is 10.3 Å². The lowest BCUT2D eigenvalue weighted by atomic mass is 10.2. The van der Waals surface area contributed by atoms with Gasteiger partial charge in [0.15, 0.2) is 0 Å². The molecule has 7 heteroatoms. The molecule has 1 aliphatic rings. The number of aliphatic hydroxyl groups excluding tert-OH is 1. The summed E-state index contributed by atoms with van der Waals surface area (Å²) in [6.45, 7) is 1.66. The summed E-state index contributed by atoms with van der Waals surface area (Å²) < 4.78 is 5.29. The van der Waals surface area contributed by atoms with E-state index in [4.69, 9.17) is 15.6 Å². The van der Waals surface area contributed by atoms with E-state index < -0.39 is 0 Å². The number of rotatable bonds is 3. The van der Waals surface area contributed by atoms with Crippen LogP contribution < -0.4 is 5.73 Å². The number of ether oxygens (including phenoxy) is 1. The molecule has 0 spiro atoms. The summed E-state index contributed by atoms with van der Waals surface area (Å²) in [7, 11) is 0. The maximum atomic E-state index is 12.1. The molecule has 2 rings (SSSR count). The average Bonchev–Trinajstić information content (AvgIpc) is 2.86. The van der Waals surface area contributed by atoms with Crippen LogP contribution in [-0.2, 0) is 11.3 Å². The van der Waals surface area contributed by atoms with Crippen LogP contribution in [0.1, 0.15) is 15.5 Å². The van der Waals surface area contributed by atoms with E-state index >= 15 is 0 Å². The number of nitrogens with two attached hydrogens (primary N) is 1. The molecule has 1 aromatic rings. The highest BCUT2D eigenvalue weighted by molar-refractivity contribution is 7.09. The Hall–Kier alpha value is -1.02. The Bertz CT molecular complexity index is 396. The molecule has 1 unspecified atom stereocenters. The van der Waals surface area contributed by atoms with Gasteiger partial charge in [0.05, 0.1) is 19.3 Å². The lowest BCUT2D eigenvalue weighted by molar-refractivity contribution is -0.0448. The molecule has 2 heterocycles. The summed E-state index contributed by atoms with van der Waals surface area (Å²) in [5.41, 5.74) is 5.88. The molecule has 0 aliphatic carbocycles. The molecule has 6 nitrogen and oxygen atoms in total. The molecule has 0 bridgehead atoms. The molecular weight excluding hydrogens is 242 g/mol. The number of carbonyl (C=O) groups is 1. The van der Waals surface area contributed by atoms with Gasteiger partial charge in [0, 0.05) is 25.0 Å². The van der Waals surface area contributed by atoms with E-state index in [1.165, 1.54) is 11.3 Å². The summed E-state index contributed by atoms with van der Waals surface area (Å²) in [5, 5.41) is 11.5. The molecule has 17 heavy (non-hydrogen) atoms. The number of nitrogens with zero attached hydrogens (tertiary/aromatic N) is 2. The molecule has 3 N–H and O–H groups in total. The van der Waals surface area contributed by atoms with Crippen LogP contribution in [-0.4, -0.2) is 53.3 Å². The SMILES string of the molecule is NCc1nc(C(=O)N2CCOC(CO)C2)cs1. The third kappa shape index (κ3) is 2.81. The van der Waals surface area contributed by atoms with Crippen molar-refractivity contribution in [2.24, 2.45) is 5.73 Å². The van der Waals surface area contributed by atoms with Crippen molar-refractivity contribution in [2.45, 2.75) is 12.6 Å². The molecule has 1 atom stereocenters. The van der Waals surface area contributed by atoms with Crippen molar-refractivity contribution in [1.29, 1.82) is 0 Å². The van der Waals surface area contributed by atoms with E-state index in [2.05, 4.69) is 4.98 Å². The lowest BCUT2D eigenvalue weighted by Gasteiger charge is -2.31. The van der Waals surface area contributed by atoms with Crippen LogP contribution in [0.15, 0.2) is 5.38 Å². The van der Waals surface area contributed by atoms with E-state index in [1.807, 2.05) is 0 Å². The molecule has 1 aromatic heterocycles. The molecule has 94 valence electrons. The number of aromatic nitrogens is 1. The summed E-state index contributed by atoms with van der Waals surface area (Å²) in [6, 6.07) is 0. The van der Waals surface area contributed by atoms with Crippen molar-refractivity contribution in [2.75, 3.05) is 26.3 Å². The predicted molar refractivity (Wildman–Crippen MR) is 62.7 cm³/mol. The average molecular weight is 257 g/mol. The number of hydrogen-bond donors (Lipinski definition) is 2. The van der Waals surface area contributed by atoms with Gasteiger partial charge in [-0.15, -0.1) is 11.3 Å². The van der Waals surface area contributed by atoms with E-state index in [0.717, 1.165) is 5.01 Å². The summed E-state index contributed by atoms with van der Waals surface area (Å²) in [6.07, 6.45) is -0.291. The van der Waals surface area contributed by atoms with E-state index in [9.17, 15) is 4.79 Å². The number of carbonyl (C=O) groups excluding carboxylic acids is 1. The zero-order valence-corrected chi connectivity index (χ0v) is 10.2. The number of amides is 1. The first-order valence-electron chi connectivity index (χ1n) is 5.40. The Kier molecular flexibility index (Phi) is 4.06. The third-order valence-electron chi connectivity index (χ3n) is 2.58. The first-order chi connectivity index (χ1) is 8.24. The smallest absolute Gasteiger partial charge is 0.273 e. The fourth-order valence-electron chi connectivity index (χ4n) is 1.68. The van der Waals surface area contributed by atoms with Gasteiger partial charge in [-0.25, -0.2) is 4.98 Å². The highest BCUT2D eigenvalue weighted by atomic mass is 32.1. The van der Waals surface area contributed by atoms with Gasteiger partial charge < -0.3 is 20.5 Å². The van der Waals surface area contributed by atoms with Crippen LogP contribution in [0.2, 0.25) is 0 Å². The fraction of sp³-hybridized carbons (Fsp3) is 0.600. The van der Waals surface area contributed by atoms with Crippen molar-refractivity contribution in [1.82, 2.24) is 9.88 Å². The zero-order valence-electron chi connectivity index (χ0n) is 9.33. The second-order valence-electron chi connectivity index (χ2n) is 3.76. The number of morpholine rings is 1. The molecule has 0 radical (unpaired) electrons. The van der Waals surface area contributed by atoms with Crippen LogP contribution in [0, 0.1) is 0 Å². The summed E-state index contributed by atoms with van der Waals surface area (Å²) in [5.74, 6) is -0.122. The Morgan fingerprint density at radius 2 is 2.59 bits per heavy atom. The highest BCUT2D eigenvalue weighted by Crippen LogP contribution is 2.13. The molecular formula is C10H15N3O3S. The highest BCUT2D eigenvalue weighted by Gasteiger charge is 2.25. The summed E-state index contributed by atoms with van der Waals surface area (Å²) >= 11 is 1.38. The van der Waals surface area contributed by atoms with Crippen molar-refractivity contribution in [3.05, 3.63) is 16.1 Å². The topological polar surface area (TPSA) is 88.7 Å². The van der Waals surface area contributed by atoms with E-state index in [0.29, 0.717) is 31.9 Å². The Morgan fingerprint density at radius 3 is 3.24 bits per heavy atom. The van der Waals surface area contributed by atoms with Crippen LogP contribution >= 0.6 is 11.3 Å². The van der Waals surface area contributed by atoms with Crippen molar-refractivity contribution >= 4 is 17.2 Å². The quantitative estimate of drug-likeness (QED) is 0.757. The third-order valence-corrected chi connectivity index (χ3v) is 3.45. The first-order valence-corrected chi connectivity index (χ1v) is 6.28. The van der Waals surface area contributed by atoms with Gasteiger partial charge in [-0.05, 0) is 0 Å². The van der Waals surface area contributed by atoms with Gasteiger partial charge in [-0.3, -0.25) is 4.79 Å².